The molecule has 1 aliphatic carbocycles. The molecule has 0 aromatic heterocycles. The molecule has 0 atom stereocenters. The Morgan fingerprint density at radius 2 is 1.60 bits per heavy atom. The minimum Gasteiger partial charge on any atom is -0.481 e. The number of hydrogen-bond donors (Lipinski definition) is 4. The van der Waals surface area contributed by atoms with Gasteiger partial charge < -0.3 is 26.5 Å². The van der Waals surface area contributed by atoms with Crippen LogP contribution >= 0.6 is 23.2 Å². The number of carboxylic acid groups (broad SMARTS) is 1. The van der Waals surface area contributed by atoms with Crippen molar-refractivity contribution in [1.82, 2.24) is 5.32 Å². The number of amides is 1. The van der Waals surface area contributed by atoms with Crippen molar-refractivity contribution in [2.75, 3.05) is 16.8 Å². The van der Waals surface area contributed by atoms with E-state index in [0.717, 1.165) is 11.3 Å². The largest absolute Gasteiger partial charge is 0.481 e. The zero-order chi connectivity index (χ0) is 28.5. The van der Waals surface area contributed by atoms with Gasteiger partial charge in [-0.15, -0.1) is 5.10 Å². The summed E-state index contributed by atoms with van der Waals surface area (Å²) >= 11 is 12.4. The maximum atomic E-state index is 12.4. The SMILES string of the molecule is N/N=C(/Nc1cc(Cl)cc(Cl)c1)N(Cc1ccc(C(=O)NCCC(=O)O)cc1)c1ccc(C2CCCCC2)cc1. The van der Waals surface area contributed by atoms with Crippen LogP contribution in [0.3, 0.4) is 0 Å². The Morgan fingerprint density at radius 3 is 2.20 bits per heavy atom. The minimum atomic E-state index is -0.964. The Bertz CT molecular complexity index is 1320. The molecule has 1 fully saturated rings. The molecular formula is C30H33Cl2N5O3. The maximum Gasteiger partial charge on any atom is 0.305 e. The highest BCUT2D eigenvalue weighted by atomic mass is 35.5. The van der Waals surface area contributed by atoms with Crippen LogP contribution in [0.2, 0.25) is 10.0 Å². The highest BCUT2D eigenvalue weighted by Crippen LogP contribution is 2.34. The topological polar surface area (TPSA) is 120 Å². The Balaban J connectivity index is 1.57. The first-order valence-corrected chi connectivity index (χ1v) is 14.1. The summed E-state index contributed by atoms with van der Waals surface area (Å²) in [5, 5.41) is 19.7. The summed E-state index contributed by atoms with van der Waals surface area (Å²) in [5.74, 6) is 5.57. The number of carbonyl (C=O) groups excluding carboxylic acids is 1. The van der Waals surface area contributed by atoms with Gasteiger partial charge in [0.1, 0.15) is 0 Å². The van der Waals surface area contributed by atoms with E-state index in [4.69, 9.17) is 34.2 Å². The fraction of sp³-hybridized carbons (Fsp3) is 0.300. The molecule has 1 aliphatic rings. The number of carbonyl (C=O) groups is 2. The summed E-state index contributed by atoms with van der Waals surface area (Å²) in [7, 11) is 0. The van der Waals surface area contributed by atoms with Crippen LogP contribution in [0.5, 0.6) is 0 Å². The van der Waals surface area contributed by atoms with Crippen molar-refractivity contribution in [2.45, 2.75) is 51.0 Å². The van der Waals surface area contributed by atoms with E-state index >= 15 is 0 Å². The quantitative estimate of drug-likeness (QED) is 0.0978. The number of nitrogens with one attached hydrogen (secondary N) is 2. The molecule has 4 rings (SSSR count). The number of guanidine groups is 1. The standard InChI is InChI=1S/C30H33Cl2N5O3/c31-24-16-25(32)18-26(17-24)35-30(36-33)37(27-12-10-22(11-13-27)21-4-2-1-3-5-21)19-20-6-8-23(9-7-20)29(40)34-15-14-28(38)39/h6-13,16-18,21H,1-5,14-15,19,33H2,(H,34,40)(H,35,36)(H,38,39). The normalized spacial score (nSPS) is 14.0. The number of rotatable bonds is 9. The van der Waals surface area contributed by atoms with Crippen LogP contribution in [-0.4, -0.2) is 29.5 Å². The summed E-state index contributed by atoms with van der Waals surface area (Å²) in [5.41, 5.74) is 4.21. The monoisotopic (exact) mass is 581 g/mol. The molecule has 0 bridgehead atoms. The molecule has 3 aromatic rings. The second-order valence-electron chi connectivity index (χ2n) is 9.85. The van der Waals surface area contributed by atoms with Crippen LogP contribution in [-0.2, 0) is 11.3 Å². The van der Waals surface area contributed by atoms with Gasteiger partial charge in [-0.25, -0.2) is 0 Å². The average Bonchev–Trinajstić information content (AvgIpc) is 2.95. The second kappa shape index (κ2) is 14.1. The van der Waals surface area contributed by atoms with Crippen molar-refractivity contribution in [2.24, 2.45) is 10.9 Å². The van der Waals surface area contributed by atoms with E-state index in [1.807, 2.05) is 17.0 Å². The van der Waals surface area contributed by atoms with Crippen LogP contribution in [0.15, 0.2) is 71.8 Å². The fourth-order valence-corrected chi connectivity index (χ4v) is 5.43. The number of hydrogen-bond acceptors (Lipinski definition) is 4. The molecule has 0 aliphatic heterocycles. The van der Waals surface area contributed by atoms with Gasteiger partial charge in [0.05, 0.1) is 13.0 Å². The number of benzene rings is 3. The zero-order valence-electron chi connectivity index (χ0n) is 22.1. The number of carboxylic acids is 1. The van der Waals surface area contributed by atoms with Crippen molar-refractivity contribution < 1.29 is 14.7 Å². The van der Waals surface area contributed by atoms with Gasteiger partial charge >= 0.3 is 5.97 Å². The molecule has 0 radical (unpaired) electrons. The lowest BCUT2D eigenvalue weighted by atomic mass is 9.84. The molecule has 40 heavy (non-hydrogen) atoms. The zero-order valence-corrected chi connectivity index (χ0v) is 23.6. The van der Waals surface area contributed by atoms with Crippen molar-refractivity contribution in [3.8, 4) is 0 Å². The molecule has 0 heterocycles. The highest BCUT2D eigenvalue weighted by molar-refractivity contribution is 6.35. The molecule has 5 N–H and O–H groups in total. The first-order valence-electron chi connectivity index (χ1n) is 13.3. The van der Waals surface area contributed by atoms with Gasteiger partial charge in [0.2, 0.25) is 5.96 Å². The lowest BCUT2D eigenvalue weighted by molar-refractivity contribution is -0.136. The van der Waals surface area contributed by atoms with Gasteiger partial charge in [0, 0.05) is 33.5 Å². The van der Waals surface area contributed by atoms with Gasteiger partial charge in [0.25, 0.3) is 5.91 Å². The number of anilines is 2. The first-order chi connectivity index (χ1) is 19.3. The van der Waals surface area contributed by atoms with Gasteiger partial charge in [-0.1, -0.05) is 66.7 Å². The predicted molar refractivity (Wildman–Crippen MR) is 161 cm³/mol. The van der Waals surface area contributed by atoms with E-state index in [1.165, 1.54) is 37.7 Å². The summed E-state index contributed by atoms with van der Waals surface area (Å²) in [6.07, 6.45) is 6.13. The number of hydrazone groups is 1. The molecule has 10 heteroatoms. The maximum absolute atomic E-state index is 12.4. The highest BCUT2D eigenvalue weighted by Gasteiger charge is 2.19. The van der Waals surface area contributed by atoms with Gasteiger partial charge in [0.15, 0.2) is 0 Å². The van der Waals surface area contributed by atoms with Gasteiger partial charge in [-0.3, -0.25) is 9.59 Å². The molecular weight excluding hydrogens is 549 g/mol. The predicted octanol–water partition coefficient (Wildman–Crippen LogP) is 6.59. The van der Waals surface area contributed by atoms with E-state index in [-0.39, 0.29) is 18.9 Å². The Labute approximate surface area is 244 Å². The lowest BCUT2D eigenvalue weighted by Crippen LogP contribution is -2.37. The van der Waals surface area contributed by atoms with Crippen LogP contribution in [0.1, 0.15) is 65.9 Å². The Morgan fingerprint density at radius 1 is 0.950 bits per heavy atom. The number of nitrogens with two attached hydrogens (primary N) is 1. The Hall–Kier alpha value is -3.75. The third kappa shape index (κ3) is 8.13. The van der Waals surface area contributed by atoms with E-state index in [1.54, 1.807) is 30.3 Å². The van der Waals surface area contributed by atoms with Crippen LogP contribution < -0.4 is 21.4 Å². The average molecular weight is 583 g/mol. The first kappa shape index (κ1) is 29.2. The third-order valence-electron chi connectivity index (χ3n) is 6.96. The van der Waals surface area contributed by atoms with Crippen molar-refractivity contribution >= 4 is 52.4 Å². The Kier molecular flexibility index (Phi) is 10.3. The molecule has 210 valence electrons. The second-order valence-corrected chi connectivity index (χ2v) is 10.7. The van der Waals surface area contributed by atoms with Gasteiger partial charge in [-0.05, 0) is 72.4 Å². The minimum absolute atomic E-state index is 0.0655. The van der Waals surface area contributed by atoms with Crippen molar-refractivity contribution in [1.29, 1.82) is 0 Å². The summed E-state index contributed by atoms with van der Waals surface area (Å²) in [6.45, 7) is 0.469. The number of halogens is 2. The molecule has 1 amide bonds. The molecule has 1 saturated carbocycles. The fourth-order valence-electron chi connectivity index (χ4n) is 4.90. The van der Waals surface area contributed by atoms with E-state index in [0.29, 0.717) is 39.7 Å². The van der Waals surface area contributed by atoms with E-state index < -0.39 is 5.97 Å². The van der Waals surface area contributed by atoms with Crippen molar-refractivity contribution in [3.05, 3.63) is 93.5 Å². The summed E-state index contributed by atoms with van der Waals surface area (Å²) < 4.78 is 0. The summed E-state index contributed by atoms with van der Waals surface area (Å²) in [6, 6.07) is 20.7. The van der Waals surface area contributed by atoms with Crippen molar-refractivity contribution in [3.63, 3.8) is 0 Å². The van der Waals surface area contributed by atoms with E-state index in [2.05, 4.69) is 40.0 Å². The molecule has 0 unspecified atom stereocenters. The number of nitrogens with zero attached hydrogens (tertiary/aromatic N) is 2. The smallest absolute Gasteiger partial charge is 0.305 e. The van der Waals surface area contributed by atoms with Gasteiger partial charge in [-0.2, -0.15) is 0 Å². The summed E-state index contributed by atoms with van der Waals surface area (Å²) in [4.78, 5) is 25.0. The molecule has 0 saturated heterocycles. The van der Waals surface area contributed by atoms with E-state index in [9.17, 15) is 9.59 Å². The number of aliphatic carboxylic acids is 1. The molecule has 8 nitrogen and oxygen atoms in total. The molecule has 0 spiro atoms. The third-order valence-corrected chi connectivity index (χ3v) is 7.40. The van der Waals surface area contributed by atoms with Crippen LogP contribution in [0, 0.1) is 0 Å². The van der Waals surface area contributed by atoms with Crippen LogP contribution in [0.4, 0.5) is 11.4 Å². The van der Waals surface area contributed by atoms with Crippen LogP contribution in [0.25, 0.3) is 0 Å². The lowest BCUT2D eigenvalue weighted by Gasteiger charge is -2.28. The molecule has 3 aromatic carbocycles.